The Labute approximate surface area is 163 Å². The molecule has 9 heteroatoms. The van der Waals surface area contributed by atoms with Crippen LogP contribution in [0.25, 0.3) is 6.08 Å². The highest BCUT2D eigenvalue weighted by Gasteiger charge is 2.41. The zero-order valence-corrected chi connectivity index (χ0v) is 17.1. The van der Waals surface area contributed by atoms with Crippen LogP contribution in [-0.4, -0.2) is 48.9 Å². The molecule has 7 nitrogen and oxygen atoms in total. The topological polar surface area (TPSA) is 82.1 Å². The summed E-state index contributed by atoms with van der Waals surface area (Å²) in [6.07, 6.45) is 1.57. The van der Waals surface area contributed by atoms with Crippen molar-refractivity contribution in [3.05, 3.63) is 27.1 Å². The molecule has 2 amide bonds. The number of hydrogen-bond donors (Lipinski definition) is 0. The summed E-state index contributed by atoms with van der Waals surface area (Å²) >= 11 is 4.19. The molecule has 1 aliphatic heterocycles. The molecule has 0 spiro atoms. The first kappa shape index (κ1) is 20.3. The second-order valence-electron chi connectivity index (χ2n) is 5.22. The van der Waals surface area contributed by atoms with E-state index < -0.39 is 23.2 Å². The Hall–Kier alpha value is -2.00. The van der Waals surface area contributed by atoms with Gasteiger partial charge in [-0.25, -0.2) is 4.79 Å². The molecule has 26 heavy (non-hydrogen) atoms. The van der Waals surface area contributed by atoms with Gasteiger partial charge in [0.25, 0.3) is 11.1 Å². The van der Waals surface area contributed by atoms with Crippen LogP contribution in [0.1, 0.15) is 19.4 Å². The summed E-state index contributed by atoms with van der Waals surface area (Å²) in [6.45, 7) is 3.78. The van der Waals surface area contributed by atoms with Crippen molar-refractivity contribution in [3.8, 4) is 11.5 Å². The lowest BCUT2D eigenvalue weighted by Crippen LogP contribution is -2.42. The van der Waals surface area contributed by atoms with E-state index in [0.717, 1.165) is 16.7 Å². The number of amides is 2. The van der Waals surface area contributed by atoms with E-state index >= 15 is 0 Å². The lowest BCUT2D eigenvalue weighted by molar-refractivity contribution is -0.148. The van der Waals surface area contributed by atoms with E-state index in [1.165, 1.54) is 21.1 Å². The molecule has 0 aromatic heterocycles. The minimum Gasteiger partial charge on any atom is -0.493 e. The molecule has 1 fully saturated rings. The van der Waals surface area contributed by atoms with E-state index in [0.29, 0.717) is 28.1 Å². The Morgan fingerprint density at radius 2 is 2.04 bits per heavy atom. The predicted octanol–water partition coefficient (Wildman–Crippen LogP) is 3.45. The average Bonchev–Trinajstić information content (AvgIpc) is 2.89. The van der Waals surface area contributed by atoms with Gasteiger partial charge in [0.2, 0.25) is 0 Å². The predicted molar refractivity (Wildman–Crippen MR) is 101 cm³/mol. The molecule has 1 aliphatic rings. The van der Waals surface area contributed by atoms with E-state index in [1.54, 1.807) is 18.2 Å². The van der Waals surface area contributed by atoms with E-state index in [1.807, 2.05) is 6.92 Å². The first-order valence-electron chi connectivity index (χ1n) is 7.69. The summed E-state index contributed by atoms with van der Waals surface area (Å²) in [4.78, 5) is 37.4. The maximum absolute atomic E-state index is 12.5. The Morgan fingerprint density at radius 1 is 1.35 bits per heavy atom. The van der Waals surface area contributed by atoms with E-state index in [9.17, 15) is 14.4 Å². The number of carbonyl (C=O) groups is 3. The normalized spacial score (nSPS) is 16.8. The van der Waals surface area contributed by atoms with Gasteiger partial charge in [0, 0.05) is 0 Å². The number of nitrogens with zero attached hydrogens (tertiary/aromatic N) is 1. The van der Waals surface area contributed by atoms with Gasteiger partial charge < -0.3 is 14.2 Å². The van der Waals surface area contributed by atoms with Crippen LogP contribution in [0.3, 0.4) is 0 Å². The first-order chi connectivity index (χ1) is 12.3. The van der Waals surface area contributed by atoms with Gasteiger partial charge in [0.05, 0.1) is 30.2 Å². The van der Waals surface area contributed by atoms with Crippen LogP contribution < -0.4 is 9.47 Å². The fraction of sp³-hybridized carbons (Fsp3) is 0.353. The lowest BCUT2D eigenvalue weighted by atomic mass is 10.1. The summed E-state index contributed by atoms with van der Waals surface area (Å²) in [5, 5.41) is -0.517. The van der Waals surface area contributed by atoms with Gasteiger partial charge in [-0.1, -0.05) is 0 Å². The zero-order chi connectivity index (χ0) is 19.4. The fourth-order valence-corrected chi connectivity index (χ4v) is 3.83. The summed E-state index contributed by atoms with van der Waals surface area (Å²) in [6, 6.07) is 2.47. The van der Waals surface area contributed by atoms with Gasteiger partial charge in [-0.15, -0.1) is 0 Å². The molecule has 0 bridgehead atoms. The molecule has 0 N–H and O–H groups in total. The number of benzene rings is 1. The van der Waals surface area contributed by atoms with Crippen LogP contribution in [0.2, 0.25) is 0 Å². The van der Waals surface area contributed by atoms with Crippen LogP contribution in [0.4, 0.5) is 4.79 Å². The molecule has 0 radical (unpaired) electrons. The summed E-state index contributed by atoms with van der Waals surface area (Å²) in [5.41, 5.74) is 0.647. The third kappa shape index (κ3) is 4.04. The van der Waals surface area contributed by atoms with Crippen molar-refractivity contribution in [3.63, 3.8) is 0 Å². The van der Waals surface area contributed by atoms with Crippen LogP contribution in [0.15, 0.2) is 21.5 Å². The van der Waals surface area contributed by atoms with Crippen molar-refractivity contribution in [1.29, 1.82) is 0 Å². The second-order valence-corrected chi connectivity index (χ2v) is 7.07. The number of thioether (sulfide) groups is 1. The summed E-state index contributed by atoms with van der Waals surface area (Å²) in [5.74, 6) is -0.143. The molecule has 1 unspecified atom stereocenters. The molecule has 1 aromatic rings. The van der Waals surface area contributed by atoms with Crippen molar-refractivity contribution in [2.45, 2.75) is 19.9 Å². The number of imide groups is 1. The standard InChI is InChI=1S/C17H18BrNO6S/c1-5-25-14-11(18)6-10(7-12(14)23-3)8-13-15(20)19(17(22)26-13)9(2)16(21)24-4/h6-9H,5H2,1-4H3. The highest BCUT2D eigenvalue weighted by molar-refractivity contribution is 9.10. The van der Waals surface area contributed by atoms with E-state index in [2.05, 4.69) is 20.7 Å². The number of halogens is 1. The third-order valence-corrected chi connectivity index (χ3v) is 5.06. The van der Waals surface area contributed by atoms with Crippen LogP contribution >= 0.6 is 27.7 Å². The monoisotopic (exact) mass is 443 g/mol. The molecule has 1 atom stereocenters. The molecular formula is C17H18BrNO6S. The zero-order valence-electron chi connectivity index (χ0n) is 14.7. The second kappa shape index (κ2) is 8.59. The Morgan fingerprint density at radius 3 is 2.62 bits per heavy atom. The minimum absolute atomic E-state index is 0.212. The smallest absolute Gasteiger partial charge is 0.328 e. The average molecular weight is 444 g/mol. The molecule has 1 saturated heterocycles. The number of esters is 1. The minimum atomic E-state index is -0.986. The number of methoxy groups -OCH3 is 2. The van der Waals surface area contributed by atoms with Gasteiger partial charge >= 0.3 is 5.97 Å². The van der Waals surface area contributed by atoms with Crippen molar-refractivity contribution in [2.75, 3.05) is 20.8 Å². The third-order valence-electron chi connectivity index (χ3n) is 3.59. The Kier molecular flexibility index (Phi) is 6.71. The van der Waals surface area contributed by atoms with Crippen molar-refractivity contribution < 1.29 is 28.6 Å². The maximum Gasteiger partial charge on any atom is 0.328 e. The van der Waals surface area contributed by atoms with E-state index in [-0.39, 0.29) is 4.91 Å². The van der Waals surface area contributed by atoms with Gasteiger partial charge in [0.1, 0.15) is 6.04 Å². The van der Waals surface area contributed by atoms with Crippen LogP contribution in [0.5, 0.6) is 11.5 Å². The van der Waals surface area contributed by atoms with Gasteiger partial charge in [-0.2, -0.15) is 0 Å². The molecule has 2 rings (SSSR count). The maximum atomic E-state index is 12.5. The molecule has 0 aliphatic carbocycles. The molecule has 0 saturated carbocycles. The van der Waals surface area contributed by atoms with Crippen molar-refractivity contribution in [1.82, 2.24) is 4.90 Å². The summed E-state index contributed by atoms with van der Waals surface area (Å²) < 4.78 is 16.1. The highest BCUT2D eigenvalue weighted by atomic mass is 79.9. The van der Waals surface area contributed by atoms with Crippen LogP contribution in [-0.2, 0) is 14.3 Å². The van der Waals surface area contributed by atoms with Crippen LogP contribution in [0, 0.1) is 0 Å². The molecule has 140 valence electrons. The van der Waals surface area contributed by atoms with Crippen molar-refractivity contribution >= 4 is 50.9 Å². The van der Waals surface area contributed by atoms with Gasteiger partial charge in [-0.05, 0) is 65.3 Å². The molecule has 1 aromatic carbocycles. The summed E-state index contributed by atoms with van der Waals surface area (Å²) in [7, 11) is 2.72. The van der Waals surface area contributed by atoms with E-state index in [4.69, 9.17) is 9.47 Å². The molecule has 1 heterocycles. The number of carbonyl (C=O) groups excluding carboxylic acids is 3. The van der Waals surface area contributed by atoms with Crippen molar-refractivity contribution in [2.24, 2.45) is 0 Å². The fourth-order valence-electron chi connectivity index (χ4n) is 2.35. The number of hydrogen-bond acceptors (Lipinski definition) is 7. The first-order valence-corrected chi connectivity index (χ1v) is 9.30. The largest absolute Gasteiger partial charge is 0.493 e. The Balaban J connectivity index is 2.36. The quantitative estimate of drug-likeness (QED) is 0.491. The van der Waals surface area contributed by atoms with Gasteiger partial charge in [0.15, 0.2) is 11.5 Å². The number of rotatable bonds is 6. The Bertz CT molecular complexity index is 779. The van der Waals surface area contributed by atoms with Gasteiger partial charge in [-0.3, -0.25) is 14.5 Å². The number of ether oxygens (including phenoxy) is 3. The molecular weight excluding hydrogens is 426 g/mol. The SMILES string of the molecule is CCOc1c(Br)cc(C=C2SC(=O)N(C(C)C(=O)OC)C2=O)cc1OC. The highest BCUT2D eigenvalue weighted by Crippen LogP contribution is 2.39. The lowest BCUT2D eigenvalue weighted by Gasteiger charge is -2.18.